The normalized spacial score (nSPS) is 11.4. The van der Waals surface area contributed by atoms with Crippen LogP contribution in [0.3, 0.4) is 0 Å². The van der Waals surface area contributed by atoms with E-state index >= 15 is 0 Å². The van der Waals surface area contributed by atoms with Gasteiger partial charge in [-0.3, -0.25) is 9.59 Å². The minimum Gasteiger partial charge on any atom is -0.493 e. The molecule has 7 nitrogen and oxygen atoms in total. The lowest BCUT2D eigenvalue weighted by molar-refractivity contribution is -0.132. The van der Waals surface area contributed by atoms with Gasteiger partial charge in [0.25, 0.3) is 5.91 Å². The van der Waals surface area contributed by atoms with Gasteiger partial charge in [0.2, 0.25) is 5.91 Å². The lowest BCUT2D eigenvalue weighted by Gasteiger charge is -2.16. The van der Waals surface area contributed by atoms with E-state index in [4.69, 9.17) is 14.2 Å². The van der Waals surface area contributed by atoms with Crippen molar-refractivity contribution in [3.63, 3.8) is 0 Å². The third-order valence-corrected chi connectivity index (χ3v) is 4.26. The molecule has 1 N–H and O–H groups in total. The van der Waals surface area contributed by atoms with Gasteiger partial charge in [-0.25, -0.2) is 0 Å². The molecule has 0 aliphatic carbocycles. The number of hydrogen-bond donors (Lipinski definition) is 1. The van der Waals surface area contributed by atoms with Crippen molar-refractivity contribution in [1.29, 1.82) is 0 Å². The minimum atomic E-state index is -0.572. The molecule has 0 radical (unpaired) electrons. The number of carbonyl (C=O) groups is 2. The molecule has 0 aliphatic heterocycles. The topological polar surface area (TPSA) is 77.1 Å². The van der Waals surface area contributed by atoms with Gasteiger partial charge in [-0.15, -0.1) is 0 Å². The number of amides is 2. The van der Waals surface area contributed by atoms with Crippen LogP contribution in [0.1, 0.15) is 18.1 Å². The second-order valence-electron chi connectivity index (χ2n) is 6.72. The number of benzene rings is 2. The van der Waals surface area contributed by atoms with Gasteiger partial charge >= 0.3 is 0 Å². The molecule has 0 spiro atoms. The number of nitrogens with one attached hydrogen (secondary N) is 1. The molecule has 0 saturated heterocycles. The van der Waals surface area contributed by atoms with E-state index in [2.05, 4.69) is 5.32 Å². The van der Waals surface area contributed by atoms with Crippen LogP contribution in [0.25, 0.3) is 0 Å². The van der Waals surface area contributed by atoms with Crippen LogP contribution >= 0.6 is 0 Å². The minimum absolute atomic E-state index is 0.0737. The molecule has 2 aromatic rings. The molecule has 0 fully saturated rings. The van der Waals surface area contributed by atoms with E-state index in [-0.39, 0.29) is 18.4 Å². The number of carbonyl (C=O) groups excluding carboxylic acids is 2. The van der Waals surface area contributed by atoms with Crippen LogP contribution < -0.4 is 14.8 Å². The van der Waals surface area contributed by atoms with Crippen molar-refractivity contribution in [2.24, 2.45) is 0 Å². The Morgan fingerprint density at radius 1 is 1.03 bits per heavy atom. The van der Waals surface area contributed by atoms with Crippen LogP contribution in [0.15, 0.2) is 48.5 Å². The summed E-state index contributed by atoms with van der Waals surface area (Å²) >= 11 is 0. The second-order valence-corrected chi connectivity index (χ2v) is 6.72. The summed E-state index contributed by atoms with van der Waals surface area (Å²) in [6, 6.07) is 15.0. The highest BCUT2D eigenvalue weighted by molar-refractivity contribution is 5.80. The molecule has 0 saturated carbocycles. The summed E-state index contributed by atoms with van der Waals surface area (Å²) in [5.74, 6) is 0.624. The predicted octanol–water partition coefficient (Wildman–Crippen LogP) is 2.38. The lowest BCUT2D eigenvalue weighted by atomic mass is 10.2. The van der Waals surface area contributed by atoms with E-state index in [0.29, 0.717) is 24.7 Å². The van der Waals surface area contributed by atoms with Crippen molar-refractivity contribution in [2.75, 3.05) is 27.8 Å². The van der Waals surface area contributed by atoms with Gasteiger partial charge in [0.15, 0.2) is 18.1 Å². The van der Waals surface area contributed by atoms with E-state index in [1.54, 1.807) is 33.2 Å². The van der Waals surface area contributed by atoms with Gasteiger partial charge in [-0.2, -0.15) is 0 Å². The summed E-state index contributed by atoms with van der Waals surface area (Å²) in [4.78, 5) is 25.4. The Balaban J connectivity index is 1.85. The Hall–Kier alpha value is -3.06. The summed E-state index contributed by atoms with van der Waals surface area (Å²) in [5, 5.41) is 2.85. The van der Waals surface area contributed by atoms with Gasteiger partial charge in [-0.05, 0) is 30.2 Å². The van der Waals surface area contributed by atoms with Gasteiger partial charge in [-0.1, -0.05) is 36.4 Å². The largest absolute Gasteiger partial charge is 0.493 e. The average molecular weight is 400 g/mol. The fourth-order valence-electron chi connectivity index (χ4n) is 2.41. The zero-order valence-corrected chi connectivity index (χ0v) is 17.3. The Morgan fingerprint density at radius 2 is 1.76 bits per heavy atom. The first kappa shape index (κ1) is 22.2. The molecule has 1 atom stereocenters. The number of rotatable bonds is 10. The highest BCUT2D eigenvalue weighted by Gasteiger charge is 2.14. The summed E-state index contributed by atoms with van der Waals surface area (Å²) in [7, 11) is 4.86. The first-order valence-electron chi connectivity index (χ1n) is 9.33. The molecule has 2 aromatic carbocycles. The van der Waals surface area contributed by atoms with Gasteiger partial charge in [0.1, 0.15) is 6.10 Å². The van der Waals surface area contributed by atoms with E-state index in [0.717, 1.165) is 11.1 Å². The van der Waals surface area contributed by atoms with Crippen molar-refractivity contribution >= 4 is 11.8 Å². The van der Waals surface area contributed by atoms with E-state index in [1.165, 1.54) is 12.0 Å². The Morgan fingerprint density at radius 3 is 2.41 bits per heavy atom. The van der Waals surface area contributed by atoms with Crippen LogP contribution in [0, 0.1) is 0 Å². The lowest BCUT2D eigenvalue weighted by Crippen LogP contribution is -2.34. The molecular weight excluding hydrogens is 372 g/mol. The number of methoxy groups -OCH3 is 1. The van der Waals surface area contributed by atoms with Crippen LogP contribution in [0.4, 0.5) is 0 Å². The fraction of sp³-hybridized carbons (Fsp3) is 0.364. The molecule has 1 unspecified atom stereocenters. The van der Waals surface area contributed by atoms with Gasteiger partial charge in [0, 0.05) is 20.6 Å². The highest BCUT2D eigenvalue weighted by Crippen LogP contribution is 2.28. The molecule has 2 amide bonds. The fourth-order valence-corrected chi connectivity index (χ4v) is 2.41. The molecule has 0 bridgehead atoms. The van der Waals surface area contributed by atoms with Crippen molar-refractivity contribution < 1.29 is 23.8 Å². The summed E-state index contributed by atoms with van der Waals surface area (Å²) in [5.41, 5.74) is 1.86. The number of likely N-dealkylation sites (N-methyl/N-ethyl adjacent to an activating group) is 1. The third kappa shape index (κ3) is 7.12. The standard InChI is InChI=1S/C22H28N2O5/c1-16(28-14-17-8-6-5-7-9-17)22(26)23-13-18-10-11-19(20(12-18)27-4)29-15-21(25)24(2)3/h5-12,16H,13-15H2,1-4H3,(H,23,26). The smallest absolute Gasteiger partial charge is 0.259 e. The monoisotopic (exact) mass is 400 g/mol. The molecule has 29 heavy (non-hydrogen) atoms. The maximum Gasteiger partial charge on any atom is 0.259 e. The average Bonchev–Trinajstić information content (AvgIpc) is 2.74. The molecule has 2 rings (SSSR count). The van der Waals surface area contributed by atoms with E-state index < -0.39 is 6.10 Å². The Bertz CT molecular complexity index is 808. The molecule has 156 valence electrons. The molecular formula is C22H28N2O5. The van der Waals surface area contributed by atoms with Crippen LogP contribution in [-0.2, 0) is 27.5 Å². The van der Waals surface area contributed by atoms with Crippen molar-refractivity contribution in [3.05, 3.63) is 59.7 Å². The van der Waals surface area contributed by atoms with Crippen molar-refractivity contribution in [2.45, 2.75) is 26.2 Å². The Labute approximate surface area is 171 Å². The maximum absolute atomic E-state index is 12.3. The number of nitrogens with zero attached hydrogens (tertiary/aromatic N) is 1. The van der Waals surface area contributed by atoms with Crippen molar-refractivity contribution in [3.8, 4) is 11.5 Å². The first-order chi connectivity index (χ1) is 13.9. The van der Waals surface area contributed by atoms with Crippen LogP contribution in [-0.4, -0.2) is 50.6 Å². The van der Waals surface area contributed by atoms with Gasteiger partial charge < -0.3 is 24.4 Å². The van der Waals surface area contributed by atoms with Gasteiger partial charge in [0.05, 0.1) is 13.7 Å². The van der Waals surface area contributed by atoms with E-state index in [1.807, 2.05) is 36.4 Å². The quantitative estimate of drug-likeness (QED) is 0.663. The maximum atomic E-state index is 12.3. The molecule has 0 aliphatic rings. The summed E-state index contributed by atoms with van der Waals surface area (Å²) in [6.07, 6.45) is -0.572. The summed E-state index contributed by atoms with van der Waals surface area (Å²) < 4.78 is 16.5. The SMILES string of the molecule is COc1cc(CNC(=O)C(C)OCc2ccccc2)ccc1OCC(=O)N(C)C. The third-order valence-electron chi connectivity index (χ3n) is 4.26. The van der Waals surface area contributed by atoms with Crippen LogP contribution in [0.5, 0.6) is 11.5 Å². The first-order valence-corrected chi connectivity index (χ1v) is 9.33. The number of ether oxygens (including phenoxy) is 3. The zero-order chi connectivity index (χ0) is 21.2. The molecule has 0 aromatic heterocycles. The highest BCUT2D eigenvalue weighted by atomic mass is 16.5. The summed E-state index contributed by atoms with van der Waals surface area (Å²) in [6.45, 7) is 2.35. The van der Waals surface area contributed by atoms with Crippen LogP contribution in [0.2, 0.25) is 0 Å². The van der Waals surface area contributed by atoms with Crippen molar-refractivity contribution in [1.82, 2.24) is 10.2 Å². The van der Waals surface area contributed by atoms with E-state index in [9.17, 15) is 9.59 Å². The zero-order valence-electron chi connectivity index (χ0n) is 17.3. The number of hydrogen-bond acceptors (Lipinski definition) is 5. The Kier molecular flexibility index (Phi) is 8.48. The predicted molar refractivity (Wildman–Crippen MR) is 110 cm³/mol. The second kappa shape index (κ2) is 11.1. The molecule has 7 heteroatoms. The molecule has 0 heterocycles.